The molecule has 2 atom stereocenters. The van der Waals surface area contributed by atoms with E-state index in [-0.39, 0.29) is 6.61 Å². The molecule has 0 aromatic carbocycles. The number of hydrogen-bond donors (Lipinski definition) is 2. The lowest BCUT2D eigenvalue weighted by Crippen LogP contribution is -2.40. The Morgan fingerprint density at radius 2 is 1.87 bits per heavy atom. The Bertz CT molecular complexity index is 503. The lowest BCUT2D eigenvalue weighted by Gasteiger charge is -2.33. The average Bonchev–Trinajstić information content (AvgIpc) is 2.98. The number of hydrogen-bond acceptors (Lipinski definition) is 5. The first-order chi connectivity index (χ1) is 11.2. The quantitative estimate of drug-likeness (QED) is 0.852. The first-order valence-electron chi connectivity index (χ1n) is 8.81. The van der Waals surface area contributed by atoms with Crippen molar-refractivity contribution in [3.63, 3.8) is 0 Å². The third kappa shape index (κ3) is 3.84. The Labute approximate surface area is 138 Å². The summed E-state index contributed by atoms with van der Waals surface area (Å²) in [5, 5.41) is 19.1. The molecule has 5 nitrogen and oxygen atoms in total. The number of piperidine rings is 1. The Morgan fingerprint density at radius 3 is 2.52 bits per heavy atom. The van der Waals surface area contributed by atoms with Gasteiger partial charge in [0.2, 0.25) is 0 Å². The highest BCUT2D eigenvalue weighted by molar-refractivity contribution is 5.52. The SMILES string of the molecule is Cc1cnccc1N1C[C@@H](CN2CCC(CO)CC2)[C@@H](CO)C1. The van der Waals surface area contributed by atoms with Crippen LogP contribution in [0.1, 0.15) is 18.4 Å². The van der Waals surface area contributed by atoms with Crippen LogP contribution in [-0.2, 0) is 0 Å². The first kappa shape index (κ1) is 16.7. The highest BCUT2D eigenvalue weighted by Crippen LogP contribution is 2.31. The number of aliphatic hydroxyl groups excluding tert-OH is 2. The van der Waals surface area contributed by atoms with Gasteiger partial charge in [-0.05, 0) is 56.3 Å². The Morgan fingerprint density at radius 1 is 1.13 bits per heavy atom. The topological polar surface area (TPSA) is 59.8 Å². The molecule has 0 saturated carbocycles. The van der Waals surface area contributed by atoms with Gasteiger partial charge >= 0.3 is 0 Å². The number of aliphatic hydroxyl groups is 2. The van der Waals surface area contributed by atoms with Gasteiger partial charge in [-0.2, -0.15) is 0 Å². The third-order valence-corrected chi connectivity index (χ3v) is 5.60. The van der Waals surface area contributed by atoms with Crippen LogP contribution in [-0.4, -0.2) is 66.0 Å². The number of aryl methyl sites for hydroxylation is 1. The maximum absolute atomic E-state index is 9.79. The molecular weight excluding hydrogens is 290 g/mol. The summed E-state index contributed by atoms with van der Waals surface area (Å²) in [6.07, 6.45) is 5.96. The fraction of sp³-hybridized carbons (Fsp3) is 0.722. The summed E-state index contributed by atoms with van der Waals surface area (Å²) in [7, 11) is 0. The van der Waals surface area contributed by atoms with E-state index >= 15 is 0 Å². The summed E-state index contributed by atoms with van der Waals surface area (Å²) in [5.74, 6) is 1.34. The van der Waals surface area contributed by atoms with Crippen molar-refractivity contribution < 1.29 is 10.2 Å². The molecule has 2 aliphatic heterocycles. The minimum absolute atomic E-state index is 0.262. The Kier molecular flexibility index (Phi) is 5.51. The summed E-state index contributed by atoms with van der Waals surface area (Å²) < 4.78 is 0. The van der Waals surface area contributed by atoms with Crippen LogP contribution < -0.4 is 4.90 Å². The summed E-state index contributed by atoms with van der Waals surface area (Å²) in [6, 6.07) is 2.08. The second-order valence-electron chi connectivity index (χ2n) is 7.20. The van der Waals surface area contributed by atoms with Crippen LogP contribution in [0.2, 0.25) is 0 Å². The van der Waals surface area contributed by atoms with Gasteiger partial charge in [-0.15, -0.1) is 0 Å². The van der Waals surface area contributed by atoms with Crippen LogP contribution in [0.4, 0.5) is 5.69 Å². The lowest BCUT2D eigenvalue weighted by atomic mass is 9.93. The molecule has 2 fully saturated rings. The van der Waals surface area contributed by atoms with Crippen molar-refractivity contribution in [3.8, 4) is 0 Å². The lowest BCUT2D eigenvalue weighted by molar-refractivity contribution is 0.106. The predicted molar refractivity (Wildman–Crippen MR) is 91.5 cm³/mol. The summed E-state index contributed by atoms with van der Waals surface area (Å²) in [4.78, 5) is 9.10. The predicted octanol–water partition coefficient (Wildman–Crippen LogP) is 1.14. The van der Waals surface area contributed by atoms with Gasteiger partial charge in [0.1, 0.15) is 0 Å². The molecule has 3 rings (SSSR count). The second kappa shape index (κ2) is 7.60. The Balaban J connectivity index is 1.60. The van der Waals surface area contributed by atoms with Crippen LogP contribution in [0.15, 0.2) is 18.5 Å². The van der Waals surface area contributed by atoms with Crippen LogP contribution in [0.25, 0.3) is 0 Å². The van der Waals surface area contributed by atoms with Crippen molar-refractivity contribution in [2.45, 2.75) is 19.8 Å². The van der Waals surface area contributed by atoms with Gasteiger partial charge in [0, 0.05) is 56.8 Å². The van der Waals surface area contributed by atoms with E-state index < -0.39 is 0 Å². The molecular formula is C18H29N3O2. The van der Waals surface area contributed by atoms with E-state index in [2.05, 4.69) is 27.8 Å². The fourth-order valence-electron chi connectivity index (χ4n) is 4.05. The van der Waals surface area contributed by atoms with Gasteiger partial charge in [0.25, 0.3) is 0 Å². The smallest absolute Gasteiger partial charge is 0.0479 e. The third-order valence-electron chi connectivity index (χ3n) is 5.60. The van der Waals surface area contributed by atoms with Crippen molar-refractivity contribution in [2.75, 3.05) is 50.8 Å². The molecule has 1 aromatic heterocycles. The number of anilines is 1. The number of rotatable bonds is 5. The molecule has 1 aromatic rings. The highest BCUT2D eigenvalue weighted by atomic mass is 16.3. The molecule has 5 heteroatoms. The maximum Gasteiger partial charge on any atom is 0.0479 e. The van der Waals surface area contributed by atoms with Gasteiger partial charge in [0.05, 0.1) is 0 Å². The fourth-order valence-corrected chi connectivity index (χ4v) is 4.05. The summed E-state index contributed by atoms with van der Waals surface area (Å²) in [6.45, 7) is 7.84. The van der Waals surface area contributed by atoms with Crippen molar-refractivity contribution in [1.29, 1.82) is 0 Å². The normalized spacial score (nSPS) is 26.8. The monoisotopic (exact) mass is 319 g/mol. The molecule has 0 unspecified atom stereocenters. The summed E-state index contributed by atoms with van der Waals surface area (Å²) in [5.41, 5.74) is 2.45. The van der Waals surface area contributed by atoms with Gasteiger partial charge < -0.3 is 20.0 Å². The zero-order chi connectivity index (χ0) is 16.2. The number of pyridine rings is 1. The van der Waals surface area contributed by atoms with Crippen molar-refractivity contribution in [2.24, 2.45) is 17.8 Å². The Hall–Kier alpha value is -1.17. The van der Waals surface area contributed by atoms with Crippen LogP contribution in [0, 0.1) is 24.7 Å². The van der Waals surface area contributed by atoms with Crippen LogP contribution in [0.3, 0.4) is 0 Å². The first-order valence-corrected chi connectivity index (χ1v) is 8.81. The molecule has 0 amide bonds. The standard InChI is InChI=1S/C18H29N3O2/c1-14-8-19-5-2-18(14)21-10-16(17(11-21)13-23)9-20-6-3-15(12-22)4-7-20/h2,5,8,15-17,22-23H,3-4,6-7,9-13H2,1H3/t16-,17-/m1/s1. The molecule has 2 aliphatic rings. The molecule has 0 bridgehead atoms. The van der Waals surface area contributed by atoms with Gasteiger partial charge in [-0.25, -0.2) is 0 Å². The minimum Gasteiger partial charge on any atom is -0.396 e. The van der Waals surface area contributed by atoms with Crippen molar-refractivity contribution in [1.82, 2.24) is 9.88 Å². The maximum atomic E-state index is 9.79. The molecule has 2 N–H and O–H groups in total. The molecule has 2 saturated heterocycles. The van der Waals surface area contributed by atoms with E-state index in [4.69, 9.17) is 0 Å². The largest absolute Gasteiger partial charge is 0.396 e. The van der Waals surface area contributed by atoms with E-state index in [1.165, 1.54) is 11.3 Å². The van der Waals surface area contributed by atoms with Crippen molar-refractivity contribution in [3.05, 3.63) is 24.0 Å². The molecule has 128 valence electrons. The van der Waals surface area contributed by atoms with E-state index in [9.17, 15) is 10.2 Å². The van der Waals surface area contributed by atoms with Crippen LogP contribution in [0.5, 0.6) is 0 Å². The molecule has 0 radical (unpaired) electrons. The van der Waals surface area contributed by atoms with Gasteiger partial charge in [-0.1, -0.05) is 0 Å². The van der Waals surface area contributed by atoms with E-state index in [0.717, 1.165) is 45.6 Å². The van der Waals surface area contributed by atoms with E-state index in [1.54, 1.807) is 0 Å². The molecule has 0 aliphatic carbocycles. The number of nitrogens with zero attached hydrogens (tertiary/aromatic N) is 3. The zero-order valence-corrected chi connectivity index (χ0v) is 14.1. The van der Waals surface area contributed by atoms with Gasteiger partial charge in [0.15, 0.2) is 0 Å². The summed E-state index contributed by atoms with van der Waals surface area (Å²) >= 11 is 0. The number of likely N-dealkylation sites (tertiary alicyclic amines) is 1. The molecule has 3 heterocycles. The average molecular weight is 319 g/mol. The van der Waals surface area contributed by atoms with Crippen molar-refractivity contribution >= 4 is 5.69 Å². The van der Waals surface area contributed by atoms with E-state index in [1.807, 2.05) is 12.4 Å². The highest BCUT2D eigenvalue weighted by Gasteiger charge is 2.34. The van der Waals surface area contributed by atoms with Gasteiger partial charge in [-0.3, -0.25) is 4.98 Å². The minimum atomic E-state index is 0.262. The zero-order valence-electron chi connectivity index (χ0n) is 14.1. The van der Waals surface area contributed by atoms with Crippen LogP contribution >= 0.6 is 0 Å². The molecule has 0 spiro atoms. The molecule has 23 heavy (non-hydrogen) atoms. The number of aromatic nitrogens is 1. The van der Waals surface area contributed by atoms with E-state index in [0.29, 0.717) is 24.4 Å². The second-order valence-corrected chi connectivity index (χ2v) is 7.20.